The highest BCUT2D eigenvalue weighted by Gasteiger charge is 2.20. The fourth-order valence-electron chi connectivity index (χ4n) is 3.66. The molecule has 5 rings (SSSR count). The Balaban J connectivity index is 1.33. The molecule has 0 unspecified atom stereocenters. The van der Waals surface area contributed by atoms with Crippen LogP contribution in [0.2, 0.25) is 0 Å². The summed E-state index contributed by atoms with van der Waals surface area (Å²) in [5.41, 5.74) is 2.02. The van der Waals surface area contributed by atoms with Crippen LogP contribution in [-0.4, -0.2) is 67.0 Å². The van der Waals surface area contributed by atoms with Crippen LogP contribution in [0.4, 0.5) is 11.5 Å². The van der Waals surface area contributed by atoms with Gasteiger partial charge in [0.05, 0.1) is 29.4 Å². The summed E-state index contributed by atoms with van der Waals surface area (Å²) in [6, 6.07) is 6.25. The van der Waals surface area contributed by atoms with E-state index in [9.17, 15) is 0 Å². The second-order valence-corrected chi connectivity index (χ2v) is 7.60. The summed E-state index contributed by atoms with van der Waals surface area (Å²) in [7, 11) is 0. The van der Waals surface area contributed by atoms with Crippen LogP contribution in [0.25, 0.3) is 16.7 Å². The lowest BCUT2D eigenvalue weighted by molar-refractivity contribution is 0.235. The van der Waals surface area contributed by atoms with Gasteiger partial charge in [0, 0.05) is 31.9 Å². The van der Waals surface area contributed by atoms with Gasteiger partial charge in [-0.15, -0.1) is 0 Å². The third-order valence-electron chi connectivity index (χ3n) is 5.16. The minimum absolute atomic E-state index is 0.0553. The van der Waals surface area contributed by atoms with Crippen LogP contribution in [0.1, 0.15) is 13.8 Å². The van der Waals surface area contributed by atoms with Gasteiger partial charge < -0.3 is 14.5 Å². The summed E-state index contributed by atoms with van der Waals surface area (Å²) in [6.07, 6.45) is 8.18. The molecular weight excluding hydrogens is 394 g/mol. The van der Waals surface area contributed by atoms with Crippen molar-refractivity contribution in [2.24, 2.45) is 0 Å². The zero-order valence-electron chi connectivity index (χ0n) is 17.5. The lowest BCUT2D eigenvalue weighted by Crippen LogP contribution is -2.47. The molecule has 1 aromatic carbocycles. The maximum Gasteiger partial charge on any atom is 0.224 e. The van der Waals surface area contributed by atoms with Crippen LogP contribution in [0.15, 0.2) is 49.6 Å². The van der Waals surface area contributed by atoms with E-state index in [-0.39, 0.29) is 6.10 Å². The van der Waals surface area contributed by atoms with Gasteiger partial charge in [-0.25, -0.2) is 24.6 Å². The fourth-order valence-corrected chi connectivity index (χ4v) is 3.66. The molecule has 0 saturated carbocycles. The molecule has 0 atom stereocenters. The van der Waals surface area contributed by atoms with Gasteiger partial charge in [-0.3, -0.25) is 4.98 Å². The van der Waals surface area contributed by atoms with E-state index in [0.29, 0.717) is 11.7 Å². The third kappa shape index (κ3) is 3.96. The Hall–Kier alpha value is -3.82. The predicted octanol–water partition coefficient (Wildman–Crippen LogP) is 2.11. The summed E-state index contributed by atoms with van der Waals surface area (Å²) in [6.45, 7) is 7.42. The molecule has 1 fully saturated rings. The highest BCUT2D eigenvalue weighted by molar-refractivity contribution is 5.86. The van der Waals surface area contributed by atoms with E-state index in [1.807, 2.05) is 19.9 Å². The average molecular weight is 417 g/mol. The lowest BCUT2D eigenvalue weighted by atomic mass is 10.2. The number of anilines is 2. The summed E-state index contributed by atoms with van der Waals surface area (Å²) in [5.74, 6) is 2.12. The molecule has 1 saturated heterocycles. The Kier molecular flexibility index (Phi) is 5.03. The second-order valence-electron chi connectivity index (χ2n) is 7.60. The molecule has 0 aliphatic carbocycles. The van der Waals surface area contributed by atoms with Crippen molar-refractivity contribution in [3.63, 3.8) is 0 Å². The maximum absolute atomic E-state index is 5.88. The molecule has 158 valence electrons. The van der Waals surface area contributed by atoms with Gasteiger partial charge in [0.25, 0.3) is 0 Å². The van der Waals surface area contributed by atoms with Crippen LogP contribution in [0.5, 0.6) is 5.88 Å². The lowest BCUT2D eigenvalue weighted by Gasteiger charge is -2.36. The molecule has 0 spiro atoms. The molecule has 0 bridgehead atoms. The van der Waals surface area contributed by atoms with Crippen LogP contribution >= 0.6 is 0 Å². The van der Waals surface area contributed by atoms with E-state index in [1.54, 1.807) is 29.7 Å². The summed E-state index contributed by atoms with van der Waals surface area (Å²) < 4.78 is 7.49. The first-order valence-corrected chi connectivity index (χ1v) is 10.3. The Bertz CT molecular complexity index is 1170. The molecule has 1 aliphatic rings. The predicted molar refractivity (Wildman–Crippen MR) is 117 cm³/mol. The van der Waals surface area contributed by atoms with Gasteiger partial charge in [0.15, 0.2) is 5.82 Å². The first-order valence-electron chi connectivity index (χ1n) is 10.3. The Morgan fingerprint density at radius 2 is 1.71 bits per heavy atom. The molecule has 3 aromatic heterocycles. The van der Waals surface area contributed by atoms with E-state index in [1.165, 1.54) is 6.33 Å². The normalized spacial score (nSPS) is 14.4. The molecule has 0 radical (unpaired) electrons. The topological polar surface area (TPSA) is 98.0 Å². The number of nitrogens with zero attached hydrogens (tertiary/aromatic N) is 9. The first kappa shape index (κ1) is 19.2. The number of fused-ring (bicyclic) bond motifs is 1. The van der Waals surface area contributed by atoms with E-state index >= 15 is 0 Å². The van der Waals surface area contributed by atoms with Gasteiger partial charge >= 0.3 is 0 Å². The molecule has 31 heavy (non-hydrogen) atoms. The molecule has 10 heteroatoms. The zero-order chi connectivity index (χ0) is 21.2. The zero-order valence-corrected chi connectivity index (χ0v) is 17.5. The van der Waals surface area contributed by atoms with Crippen molar-refractivity contribution in [2.75, 3.05) is 36.0 Å². The number of rotatable bonds is 5. The molecule has 4 aromatic rings. The van der Waals surface area contributed by atoms with Crippen molar-refractivity contribution in [3.05, 3.63) is 49.6 Å². The smallest absolute Gasteiger partial charge is 0.224 e. The van der Waals surface area contributed by atoms with Crippen LogP contribution < -0.4 is 14.5 Å². The number of benzene rings is 1. The maximum atomic E-state index is 5.88. The van der Waals surface area contributed by atoms with Crippen molar-refractivity contribution in [1.82, 2.24) is 34.7 Å². The van der Waals surface area contributed by atoms with Crippen molar-refractivity contribution in [3.8, 4) is 11.7 Å². The van der Waals surface area contributed by atoms with E-state index in [4.69, 9.17) is 4.74 Å². The van der Waals surface area contributed by atoms with Crippen LogP contribution in [0, 0.1) is 0 Å². The summed E-state index contributed by atoms with van der Waals surface area (Å²) >= 11 is 0. The Morgan fingerprint density at radius 3 is 2.48 bits per heavy atom. The molecule has 4 heterocycles. The standard InChI is InChI=1S/C21H23N9O/c1-15(2)31-21-17-9-16(3-4-18(17)24-13-25-21)28-5-7-29(8-6-28)19-10-22-11-20(27-19)30-14-23-12-26-30/h3-4,9-15H,5-8H2,1-2H3. The second kappa shape index (κ2) is 8.13. The first-order chi connectivity index (χ1) is 15.2. The van der Waals surface area contributed by atoms with Crippen LogP contribution in [0.3, 0.4) is 0 Å². The number of piperazine rings is 1. The van der Waals surface area contributed by atoms with Crippen molar-refractivity contribution >= 4 is 22.4 Å². The van der Waals surface area contributed by atoms with Gasteiger partial charge in [0.2, 0.25) is 5.88 Å². The summed E-state index contributed by atoms with van der Waals surface area (Å²) in [4.78, 5) is 26.3. The van der Waals surface area contributed by atoms with E-state index in [0.717, 1.165) is 48.6 Å². The monoisotopic (exact) mass is 417 g/mol. The average Bonchev–Trinajstić information content (AvgIpc) is 3.34. The van der Waals surface area contributed by atoms with Crippen molar-refractivity contribution in [1.29, 1.82) is 0 Å². The minimum atomic E-state index is 0.0553. The van der Waals surface area contributed by atoms with Gasteiger partial charge in [-0.1, -0.05) is 0 Å². The fraction of sp³-hybridized carbons (Fsp3) is 0.333. The Morgan fingerprint density at radius 1 is 0.903 bits per heavy atom. The number of hydrogen-bond acceptors (Lipinski definition) is 9. The quantitative estimate of drug-likeness (QED) is 0.483. The molecule has 0 amide bonds. The van der Waals surface area contributed by atoms with Gasteiger partial charge in [-0.05, 0) is 32.0 Å². The molecule has 1 aliphatic heterocycles. The molecule has 10 nitrogen and oxygen atoms in total. The summed E-state index contributed by atoms with van der Waals surface area (Å²) in [5, 5.41) is 5.06. The molecular formula is C21H23N9O. The van der Waals surface area contributed by atoms with Gasteiger partial charge in [0.1, 0.15) is 24.8 Å². The van der Waals surface area contributed by atoms with Gasteiger partial charge in [-0.2, -0.15) is 5.10 Å². The molecule has 0 N–H and O–H groups in total. The van der Waals surface area contributed by atoms with Crippen molar-refractivity contribution < 1.29 is 4.74 Å². The minimum Gasteiger partial charge on any atom is -0.474 e. The number of hydrogen-bond donors (Lipinski definition) is 0. The van der Waals surface area contributed by atoms with E-state index < -0.39 is 0 Å². The highest BCUT2D eigenvalue weighted by atomic mass is 16.5. The number of aromatic nitrogens is 7. The highest BCUT2D eigenvalue weighted by Crippen LogP contribution is 2.28. The SMILES string of the molecule is CC(C)Oc1ncnc2ccc(N3CCN(c4cncc(-n5cncn5)n4)CC3)cc12. The third-order valence-corrected chi connectivity index (χ3v) is 5.16. The largest absolute Gasteiger partial charge is 0.474 e. The van der Waals surface area contributed by atoms with Crippen molar-refractivity contribution in [2.45, 2.75) is 20.0 Å². The number of ether oxygens (including phenoxy) is 1. The Labute approximate surface area is 179 Å². The van der Waals surface area contributed by atoms with E-state index in [2.05, 4.69) is 52.0 Å². The van der Waals surface area contributed by atoms with Crippen LogP contribution in [-0.2, 0) is 0 Å².